The van der Waals surface area contributed by atoms with Crippen LogP contribution in [0.3, 0.4) is 0 Å². The van der Waals surface area contributed by atoms with Crippen molar-refractivity contribution in [2.24, 2.45) is 0 Å². The maximum atomic E-state index is 12.2. The van der Waals surface area contributed by atoms with Crippen LogP contribution >= 0.6 is 0 Å². The van der Waals surface area contributed by atoms with Gasteiger partial charge >= 0.3 is 0 Å². The fourth-order valence-electron chi connectivity index (χ4n) is 3.18. The molecule has 0 bridgehead atoms. The predicted molar refractivity (Wildman–Crippen MR) is 119 cm³/mol. The number of aromatic nitrogens is 3. The number of nitrogens with zero attached hydrogens (tertiary/aromatic N) is 2. The van der Waals surface area contributed by atoms with Gasteiger partial charge in [0.05, 0.1) is 5.52 Å². The number of carbonyl (C=O) groups excluding carboxylic acids is 1. The average molecular weight is 397 g/mol. The zero-order valence-electron chi connectivity index (χ0n) is 16.3. The normalized spacial score (nSPS) is 10.6. The summed E-state index contributed by atoms with van der Waals surface area (Å²) in [6.45, 7) is 5.35. The number of H-pyrrole nitrogens is 1. The number of anilines is 3. The van der Waals surface area contributed by atoms with E-state index in [2.05, 4.69) is 32.2 Å². The third-order valence-corrected chi connectivity index (χ3v) is 4.61. The van der Waals surface area contributed by atoms with Crippen molar-refractivity contribution in [1.29, 1.82) is 0 Å². The third kappa shape index (κ3) is 3.95. The topological polar surface area (TPSA) is 99.8 Å². The lowest BCUT2D eigenvalue weighted by molar-refractivity contribution is -0.111. The van der Waals surface area contributed by atoms with Gasteiger partial charge in [-0.05, 0) is 60.5 Å². The average Bonchev–Trinajstić information content (AvgIpc) is 2.74. The number of amides is 1. The second-order valence-corrected chi connectivity index (χ2v) is 6.73. The quantitative estimate of drug-likeness (QED) is 0.439. The molecule has 2 heterocycles. The lowest BCUT2D eigenvalue weighted by atomic mass is 10.0. The minimum Gasteiger partial charge on any atom is -0.329 e. The molecular formula is C23H19N5O2. The summed E-state index contributed by atoms with van der Waals surface area (Å²) in [5.41, 5.74) is 4.35. The van der Waals surface area contributed by atoms with E-state index in [-0.39, 0.29) is 11.5 Å². The van der Waals surface area contributed by atoms with Gasteiger partial charge in [-0.25, -0.2) is 9.97 Å². The minimum absolute atomic E-state index is 0.128. The zero-order chi connectivity index (χ0) is 21.1. The molecule has 2 aromatic heterocycles. The molecular weight excluding hydrogens is 378 g/mol. The van der Waals surface area contributed by atoms with Crippen LogP contribution in [0.25, 0.3) is 22.0 Å². The molecule has 0 aliphatic rings. The standard InChI is InChI=1S/C23H19N5O2/c1-3-20(29)26-17-5-4-6-18(12-17)27-23-25-13-16-11-15(7-8-19(16)28-23)21-14(2)9-10-24-22(21)30/h3-13H,1H2,2H3,(H,24,30)(H,26,29)(H,25,27,28). The number of nitrogens with one attached hydrogen (secondary N) is 3. The lowest BCUT2D eigenvalue weighted by Crippen LogP contribution is -2.09. The smallest absolute Gasteiger partial charge is 0.256 e. The van der Waals surface area contributed by atoms with Gasteiger partial charge in [-0.1, -0.05) is 18.7 Å². The highest BCUT2D eigenvalue weighted by atomic mass is 16.1. The molecule has 0 atom stereocenters. The van der Waals surface area contributed by atoms with Gasteiger partial charge in [0.1, 0.15) is 0 Å². The monoisotopic (exact) mass is 397 g/mol. The summed E-state index contributed by atoms with van der Waals surface area (Å²) < 4.78 is 0. The number of fused-ring (bicyclic) bond motifs is 1. The first-order valence-corrected chi connectivity index (χ1v) is 9.29. The summed E-state index contributed by atoms with van der Waals surface area (Å²) in [5, 5.41) is 6.68. The Morgan fingerprint density at radius 1 is 1.13 bits per heavy atom. The first-order valence-electron chi connectivity index (χ1n) is 9.29. The molecule has 0 saturated heterocycles. The van der Waals surface area contributed by atoms with E-state index in [1.54, 1.807) is 24.5 Å². The van der Waals surface area contributed by atoms with Crippen LogP contribution < -0.4 is 16.2 Å². The highest BCUT2D eigenvalue weighted by Crippen LogP contribution is 2.25. The van der Waals surface area contributed by atoms with Crippen molar-refractivity contribution < 1.29 is 4.79 Å². The molecule has 0 radical (unpaired) electrons. The summed E-state index contributed by atoms with van der Waals surface area (Å²) >= 11 is 0. The Bertz CT molecular complexity index is 1330. The van der Waals surface area contributed by atoms with Crippen molar-refractivity contribution in [2.75, 3.05) is 10.6 Å². The van der Waals surface area contributed by atoms with Crippen LogP contribution in [0.2, 0.25) is 0 Å². The molecule has 0 aliphatic heterocycles. The second kappa shape index (κ2) is 8.00. The number of aryl methyl sites for hydroxylation is 1. The van der Waals surface area contributed by atoms with E-state index in [0.29, 0.717) is 17.2 Å². The Morgan fingerprint density at radius 3 is 2.77 bits per heavy atom. The molecule has 7 heteroatoms. The number of rotatable bonds is 5. The summed E-state index contributed by atoms with van der Waals surface area (Å²) in [4.78, 5) is 35.3. The second-order valence-electron chi connectivity index (χ2n) is 6.73. The number of pyridine rings is 1. The predicted octanol–water partition coefficient (Wildman–Crippen LogP) is 4.16. The van der Waals surface area contributed by atoms with Crippen molar-refractivity contribution >= 4 is 34.1 Å². The van der Waals surface area contributed by atoms with E-state index >= 15 is 0 Å². The van der Waals surface area contributed by atoms with Crippen molar-refractivity contribution in [3.63, 3.8) is 0 Å². The van der Waals surface area contributed by atoms with Crippen LogP contribution in [0.1, 0.15) is 5.56 Å². The molecule has 0 saturated carbocycles. The molecule has 2 aromatic carbocycles. The fourth-order valence-corrected chi connectivity index (χ4v) is 3.18. The molecule has 0 fully saturated rings. The van der Waals surface area contributed by atoms with E-state index in [1.165, 1.54) is 6.08 Å². The van der Waals surface area contributed by atoms with Crippen LogP contribution in [0.5, 0.6) is 0 Å². The Morgan fingerprint density at radius 2 is 1.97 bits per heavy atom. The van der Waals surface area contributed by atoms with Gasteiger partial charge in [0.25, 0.3) is 5.56 Å². The van der Waals surface area contributed by atoms with Crippen LogP contribution in [0.4, 0.5) is 17.3 Å². The maximum Gasteiger partial charge on any atom is 0.256 e. The molecule has 0 aliphatic carbocycles. The SMILES string of the molecule is C=CC(=O)Nc1cccc(Nc2ncc3cc(-c4c(C)cc[nH]c4=O)ccc3n2)c1. The van der Waals surface area contributed by atoms with Crippen LogP contribution in [-0.4, -0.2) is 20.9 Å². The summed E-state index contributed by atoms with van der Waals surface area (Å²) in [5.74, 6) is 0.147. The van der Waals surface area contributed by atoms with Gasteiger partial charge in [0.15, 0.2) is 0 Å². The Kier molecular flexibility index (Phi) is 5.09. The molecule has 4 aromatic rings. The number of hydrogen-bond acceptors (Lipinski definition) is 5. The molecule has 7 nitrogen and oxygen atoms in total. The highest BCUT2D eigenvalue weighted by molar-refractivity contribution is 5.99. The summed E-state index contributed by atoms with van der Waals surface area (Å²) in [6.07, 6.45) is 4.57. The zero-order valence-corrected chi connectivity index (χ0v) is 16.3. The highest BCUT2D eigenvalue weighted by Gasteiger charge is 2.09. The molecule has 148 valence electrons. The van der Waals surface area contributed by atoms with Gasteiger partial charge in [0, 0.05) is 34.7 Å². The molecule has 4 rings (SSSR count). The minimum atomic E-state index is -0.280. The van der Waals surface area contributed by atoms with Crippen molar-refractivity contribution in [3.05, 3.63) is 89.5 Å². The Labute approximate surface area is 172 Å². The molecule has 1 amide bonds. The van der Waals surface area contributed by atoms with Crippen LogP contribution in [0, 0.1) is 6.92 Å². The number of benzene rings is 2. The van der Waals surface area contributed by atoms with Gasteiger partial charge in [-0.3, -0.25) is 9.59 Å². The summed E-state index contributed by atoms with van der Waals surface area (Å²) in [6, 6.07) is 14.7. The third-order valence-electron chi connectivity index (χ3n) is 4.61. The van der Waals surface area contributed by atoms with Crippen LogP contribution in [-0.2, 0) is 4.79 Å². The summed E-state index contributed by atoms with van der Waals surface area (Å²) in [7, 11) is 0. The van der Waals surface area contributed by atoms with Gasteiger partial charge in [-0.15, -0.1) is 0 Å². The van der Waals surface area contributed by atoms with E-state index in [9.17, 15) is 9.59 Å². The number of carbonyl (C=O) groups is 1. The Balaban J connectivity index is 1.62. The molecule has 3 N–H and O–H groups in total. The number of aromatic amines is 1. The molecule has 0 spiro atoms. The number of hydrogen-bond donors (Lipinski definition) is 3. The van der Waals surface area contributed by atoms with Crippen molar-refractivity contribution in [3.8, 4) is 11.1 Å². The first-order chi connectivity index (χ1) is 14.5. The van der Waals surface area contributed by atoms with Crippen molar-refractivity contribution in [1.82, 2.24) is 15.0 Å². The first kappa shape index (κ1) is 19.1. The van der Waals surface area contributed by atoms with Crippen LogP contribution in [0.15, 0.2) is 78.4 Å². The fraction of sp³-hybridized carbons (Fsp3) is 0.0435. The van der Waals surface area contributed by atoms with Crippen molar-refractivity contribution in [2.45, 2.75) is 6.92 Å². The van der Waals surface area contributed by atoms with E-state index in [4.69, 9.17) is 0 Å². The Hall–Kier alpha value is -4.26. The maximum absolute atomic E-state index is 12.2. The molecule has 0 unspecified atom stereocenters. The van der Waals surface area contributed by atoms with Gasteiger partial charge < -0.3 is 15.6 Å². The lowest BCUT2D eigenvalue weighted by Gasteiger charge is -2.09. The van der Waals surface area contributed by atoms with Gasteiger partial charge in [0.2, 0.25) is 11.9 Å². The molecule has 30 heavy (non-hydrogen) atoms. The van der Waals surface area contributed by atoms with Gasteiger partial charge in [-0.2, -0.15) is 0 Å². The van der Waals surface area contributed by atoms with E-state index in [0.717, 1.165) is 27.7 Å². The van der Waals surface area contributed by atoms with E-state index < -0.39 is 0 Å². The largest absolute Gasteiger partial charge is 0.329 e. The van der Waals surface area contributed by atoms with E-state index in [1.807, 2.05) is 43.3 Å².